The number of anilines is 1. The van der Waals surface area contributed by atoms with Gasteiger partial charge in [0.2, 0.25) is 0 Å². The van der Waals surface area contributed by atoms with Gasteiger partial charge >= 0.3 is 0 Å². The summed E-state index contributed by atoms with van der Waals surface area (Å²) in [5.41, 5.74) is 2.71. The van der Waals surface area contributed by atoms with Gasteiger partial charge in [0.05, 0.1) is 28.3 Å². The molecule has 1 aliphatic carbocycles. The van der Waals surface area contributed by atoms with Gasteiger partial charge in [-0.05, 0) is 47.9 Å². The van der Waals surface area contributed by atoms with Gasteiger partial charge < -0.3 is 5.11 Å². The lowest BCUT2D eigenvalue weighted by atomic mass is 10.1. The van der Waals surface area contributed by atoms with Gasteiger partial charge in [-0.25, -0.2) is 8.42 Å². The molecule has 22 heavy (non-hydrogen) atoms. The minimum atomic E-state index is -3.72. The number of hydrogen-bond acceptors (Lipinski definition) is 4. The first kappa shape index (κ1) is 14.6. The average molecular weight is 314 g/mol. The Morgan fingerprint density at radius 2 is 1.86 bits per heavy atom. The van der Waals surface area contributed by atoms with Gasteiger partial charge in [0.15, 0.2) is 0 Å². The zero-order valence-electron chi connectivity index (χ0n) is 11.7. The molecule has 5 nitrogen and oxygen atoms in total. The number of aliphatic hydroxyl groups is 1. The maximum Gasteiger partial charge on any atom is 0.261 e. The van der Waals surface area contributed by atoms with Crippen molar-refractivity contribution < 1.29 is 13.5 Å². The van der Waals surface area contributed by atoms with Crippen LogP contribution >= 0.6 is 0 Å². The number of nitriles is 1. The lowest BCUT2D eigenvalue weighted by Gasteiger charge is -2.12. The summed E-state index contributed by atoms with van der Waals surface area (Å²) < 4.78 is 27.4. The van der Waals surface area contributed by atoms with Crippen molar-refractivity contribution in [1.82, 2.24) is 0 Å². The second-order valence-corrected chi connectivity index (χ2v) is 6.93. The third kappa shape index (κ3) is 2.69. The Labute approximate surface area is 128 Å². The molecule has 3 rings (SSSR count). The molecule has 0 amide bonds. The van der Waals surface area contributed by atoms with E-state index in [1.165, 1.54) is 24.3 Å². The van der Waals surface area contributed by atoms with Gasteiger partial charge in [-0.3, -0.25) is 4.72 Å². The molecule has 1 atom stereocenters. The summed E-state index contributed by atoms with van der Waals surface area (Å²) in [6.07, 6.45) is 0.527. The van der Waals surface area contributed by atoms with Crippen LogP contribution in [-0.2, 0) is 22.9 Å². The molecule has 2 aromatic carbocycles. The molecule has 0 heterocycles. The molecule has 0 fully saturated rings. The number of nitrogens with zero attached hydrogens (tertiary/aromatic N) is 1. The lowest BCUT2D eigenvalue weighted by Crippen LogP contribution is -2.14. The van der Waals surface area contributed by atoms with Crippen LogP contribution in [0.1, 0.15) is 16.7 Å². The summed E-state index contributed by atoms with van der Waals surface area (Å²) in [6, 6.07) is 13.0. The quantitative estimate of drug-likeness (QED) is 0.904. The van der Waals surface area contributed by atoms with E-state index < -0.39 is 16.1 Å². The fourth-order valence-electron chi connectivity index (χ4n) is 2.64. The third-order valence-corrected chi connectivity index (χ3v) is 5.09. The van der Waals surface area contributed by atoms with Gasteiger partial charge in [-0.2, -0.15) is 5.26 Å². The zero-order valence-corrected chi connectivity index (χ0v) is 12.5. The van der Waals surface area contributed by atoms with Crippen molar-refractivity contribution in [3.05, 3.63) is 59.2 Å². The number of aliphatic hydroxyl groups excluding tert-OH is 1. The molecule has 0 aromatic heterocycles. The first-order valence-corrected chi connectivity index (χ1v) is 8.30. The summed E-state index contributed by atoms with van der Waals surface area (Å²) in [5, 5.41) is 18.5. The van der Waals surface area contributed by atoms with Crippen LogP contribution in [0.3, 0.4) is 0 Å². The maximum atomic E-state index is 12.4. The number of fused-ring (bicyclic) bond motifs is 1. The molecule has 0 radical (unpaired) electrons. The molecule has 2 aromatic rings. The molecule has 1 aliphatic rings. The summed E-state index contributed by atoms with van der Waals surface area (Å²) in [7, 11) is -3.72. The van der Waals surface area contributed by atoms with E-state index in [4.69, 9.17) is 5.26 Å². The normalized spacial score (nSPS) is 16.8. The van der Waals surface area contributed by atoms with E-state index in [9.17, 15) is 13.5 Å². The van der Waals surface area contributed by atoms with E-state index in [1.807, 2.05) is 12.1 Å². The predicted molar refractivity (Wildman–Crippen MR) is 81.8 cm³/mol. The number of nitrogens with one attached hydrogen (secondary N) is 1. The van der Waals surface area contributed by atoms with Crippen molar-refractivity contribution in [3.8, 4) is 6.07 Å². The van der Waals surface area contributed by atoms with Crippen LogP contribution in [0.25, 0.3) is 0 Å². The number of benzene rings is 2. The van der Waals surface area contributed by atoms with Crippen LogP contribution in [-0.4, -0.2) is 19.6 Å². The lowest BCUT2D eigenvalue weighted by molar-refractivity contribution is 0.187. The Morgan fingerprint density at radius 1 is 1.14 bits per heavy atom. The van der Waals surface area contributed by atoms with Gasteiger partial charge in [0, 0.05) is 6.42 Å². The molecule has 0 aliphatic heterocycles. The molecule has 6 heteroatoms. The van der Waals surface area contributed by atoms with Crippen molar-refractivity contribution in [2.45, 2.75) is 23.8 Å². The van der Waals surface area contributed by atoms with Gasteiger partial charge in [-0.15, -0.1) is 0 Å². The molecule has 0 saturated carbocycles. The second-order valence-electron chi connectivity index (χ2n) is 5.25. The van der Waals surface area contributed by atoms with Crippen LogP contribution < -0.4 is 4.72 Å². The summed E-state index contributed by atoms with van der Waals surface area (Å²) in [4.78, 5) is 0.0997. The Hall–Kier alpha value is -2.36. The fraction of sp³-hybridized carbons (Fsp3) is 0.188. The van der Waals surface area contributed by atoms with Crippen LogP contribution in [0.5, 0.6) is 0 Å². The number of rotatable bonds is 3. The highest BCUT2D eigenvalue weighted by atomic mass is 32.2. The SMILES string of the molecule is N#Cc1ccc(S(=O)(=O)Nc2cccc3c2C[C@@H](O)C3)cc1. The Morgan fingerprint density at radius 3 is 2.55 bits per heavy atom. The summed E-state index contributed by atoms with van der Waals surface area (Å²) in [6.45, 7) is 0. The standard InChI is InChI=1S/C16H14N2O3S/c17-10-11-4-6-14(7-5-11)22(20,21)18-16-3-1-2-12-8-13(19)9-15(12)16/h1-7,13,18-19H,8-9H2/t13-/m0/s1. The summed E-state index contributed by atoms with van der Waals surface area (Å²) in [5.74, 6) is 0. The monoisotopic (exact) mass is 314 g/mol. The van der Waals surface area contributed by atoms with Crippen molar-refractivity contribution >= 4 is 15.7 Å². The highest BCUT2D eigenvalue weighted by molar-refractivity contribution is 7.92. The molecule has 0 unspecified atom stereocenters. The van der Waals surface area contributed by atoms with Crippen LogP contribution in [0, 0.1) is 11.3 Å². The van der Waals surface area contributed by atoms with Crippen molar-refractivity contribution in [1.29, 1.82) is 5.26 Å². The third-order valence-electron chi connectivity index (χ3n) is 3.71. The van der Waals surface area contributed by atoms with Gasteiger partial charge in [0.1, 0.15) is 0 Å². The van der Waals surface area contributed by atoms with Gasteiger partial charge in [0.25, 0.3) is 10.0 Å². The van der Waals surface area contributed by atoms with E-state index >= 15 is 0 Å². The molecule has 0 saturated heterocycles. The Kier molecular flexibility index (Phi) is 3.61. The highest BCUT2D eigenvalue weighted by Gasteiger charge is 2.24. The minimum Gasteiger partial charge on any atom is -0.392 e. The van der Waals surface area contributed by atoms with E-state index in [2.05, 4.69) is 4.72 Å². The fourth-order valence-corrected chi connectivity index (χ4v) is 3.73. The highest BCUT2D eigenvalue weighted by Crippen LogP contribution is 2.30. The van der Waals surface area contributed by atoms with Crippen LogP contribution in [0.2, 0.25) is 0 Å². The molecule has 0 bridgehead atoms. The van der Waals surface area contributed by atoms with Crippen molar-refractivity contribution in [2.75, 3.05) is 4.72 Å². The molecule has 2 N–H and O–H groups in total. The van der Waals surface area contributed by atoms with E-state index in [0.29, 0.717) is 24.1 Å². The Bertz CT molecular complexity index is 852. The topological polar surface area (TPSA) is 90.2 Å². The van der Waals surface area contributed by atoms with E-state index in [1.54, 1.807) is 12.1 Å². The van der Waals surface area contributed by atoms with E-state index in [-0.39, 0.29) is 4.90 Å². The van der Waals surface area contributed by atoms with Crippen molar-refractivity contribution in [3.63, 3.8) is 0 Å². The first-order chi connectivity index (χ1) is 10.5. The van der Waals surface area contributed by atoms with E-state index in [0.717, 1.165) is 11.1 Å². The van der Waals surface area contributed by atoms with Gasteiger partial charge in [-0.1, -0.05) is 12.1 Å². The van der Waals surface area contributed by atoms with Crippen LogP contribution in [0.4, 0.5) is 5.69 Å². The molecular weight excluding hydrogens is 300 g/mol. The minimum absolute atomic E-state index is 0.0997. The molecule has 112 valence electrons. The number of sulfonamides is 1. The largest absolute Gasteiger partial charge is 0.392 e. The first-order valence-electron chi connectivity index (χ1n) is 6.81. The second kappa shape index (κ2) is 5.44. The number of hydrogen-bond donors (Lipinski definition) is 2. The predicted octanol–water partition coefficient (Wildman–Crippen LogP) is 1.82. The molecular formula is C16H14N2O3S. The van der Waals surface area contributed by atoms with Crippen LogP contribution in [0.15, 0.2) is 47.4 Å². The maximum absolute atomic E-state index is 12.4. The smallest absolute Gasteiger partial charge is 0.261 e. The molecule has 0 spiro atoms. The zero-order chi connectivity index (χ0) is 15.7. The summed E-state index contributed by atoms with van der Waals surface area (Å²) >= 11 is 0. The Balaban J connectivity index is 1.93. The average Bonchev–Trinajstić information content (AvgIpc) is 2.88. The van der Waals surface area contributed by atoms with Crippen molar-refractivity contribution in [2.24, 2.45) is 0 Å².